The maximum absolute atomic E-state index is 9.06. The third kappa shape index (κ3) is 4.02. The molecular weight excluding hydrogens is 246 g/mol. The first-order valence-electron chi connectivity index (χ1n) is 4.51. The van der Waals surface area contributed by atoms with Crippen molar-refractivity contribution in [1.82, 2.24) is 9.97 Å². The summed E-state index contributed by atoms with van der Waals surface area (Å²) in [5, 5.41) is 12.2. The molecule has 1 heterocycles. The zero-order valence-corrected chi connectivity index (χ0v) is 9.87. The van der Waals surface area contributed by atoms with Crippen LogP contribution in [-0.2, 0) is 0 Å². The number of hydrogen-bond donors (Lipinski definition) is 2. The van der Waals surface area contributed by atoms with E-state index in [1.807, 2.05) is 13.0 Å². The van der Waals surface area contributed by atoms with Gasteiger partial charge in [-0.15, -0.1) is 0 Å². The molecule has 1 atom stereocenters. The molecule has 14 heavy (non-hydrogen) atoms. The van der Waals surface area contributed by atoms with Gasteiger partial charge in [0.1, 0.15) is 16.2 Å². The molecular formula is C9H14BrN3O. The Hall–Kier alpha value is -0.680. The van der Waals surface area contributed by atoms with Gasteiger partial charge in [0, 0.05) is 12.6 Å². The maximum Gasteiger partial charge on any atom is 0.130 e. The smallest absolute Gasteiger partial charge is 0.130 e. The molecule has 0 aliphatic rings. The third-order valence-corrected chi connectivity index (χ3v) is 2.08. The Labute approximate surface area is 91.9 Å². The summed E-state index contributed by atoms with van der Waals surface area (Å²) in [6.07, 6.45) is 0.426. The van der Waals surface area contributed by atoms with Crippen LogP contribution in [0, 0.1) is 6.92 Å². The molecule has 1 aromatic rings. The van der Waals surface area contributed by atoms with E-state index in [1.54, 1.807) is 6.92 Å². The predicted molar refractivity (Wildman–Crippen MR) is 59.3 cm³/mol. The lowest BCUT2D eigenvalue weighted by molar-refractivity contribution is 0.188. The molecule has 0 saturated carbocycles. The van der Waals surface area contributed by atoms with Gasteiger partial charge in [0.05, 0.1) is 6.10 Å². The van der Waals surface area contributed by atoms with Crippen LogP contribution in [0.3, 0.4) is 0 Å². The lowest BCUT2D eigenvalue weighted by Crippen LogP contribution is -2.11. The lowest BCUT2D eigenvalue weighted by atomic mass is 10.3. The first kappa shape index (κ1) is 11.4. The number of aryl methyl sites for hydroxylation is 1. The molecule has 0 aliphatic heterocycles. The minimum absolute atomic E-state index is 0.283. The molecule has 0 fully saturated rings. The number of anilines is 1. The van der Waals surface area contributed by atoms with Crippen LogP contribution < -0.4 is 5.32 Å². The molecule has 0 spiro atoms. The fourth-order valence-electron chi connectivity index (χ4n) is 1.03. The van der Waals surface area contributed by atoms with Gasteiger partial charge < -0.3 is 10.4 Å². The summed E-state index contributed by atoms with van der Waals surface area (Å²) in [5.41, 5.74) is 0. The van der Waals surface area contributed by atoms with Crippen LogP contribution in [0.2, 0.25) is 0 Å². The molecule has 1 unspecified atom stereocenters. The van der Waals surface area contributed by atoms with Gasteiger partial charge in [-0.2, -0.15) is 0 Å². The average molecular weight is 260 g/mol. The maximum atomic E-state index is 9.06. The second-order valence-corrected chi connectivity index (χ2v) is 4.00. The molecule has 4 nitrogen and oxygen atoms in total. The fourth-order valence-corrected chi connectivity index (χ4v) is 1.50. The highest BCUT2D eigenvalue weighted by Gasteiger charge is 1.99. The van der Waals surface area contributed by atoms with E-state index in [2.05, 4.69) is 31.2 Å². The molecule has 0 aromatic carbocycles. The van der Waals surface area contributed by atoms with E-state index in [-0.39, 0.29) is 6.10 Å². The number of rotatable bonds is 4. The topological polar surface area (TPSA) is 58.0 Å². The number of hydrogen-bond acceptors (Lipinski definition) is 4. The van der Waals surface area contributed by atoms with Gasteiger partial charge in [-0.05, 0) is 36.2 Å². The zero-order valence-electron chi connectivity index (χ0n) is 8.29. The van der Waals surface area contributed by atoms with E-state index in [0.717, 1.165) is 16.2 Å². The first-order valence-corrected chi connectivity index (χ1v) is 5.30. The largest absolute Gasteiger partial charge is 0.393 e. The van der Waals surface area contributed by atoms with Crippen LogP contribution in [0.25, 0.3) is 0 Å². The minimum atomic E-state index is -0.283. The summed E-state index contributed by atoms with van der Waals surface area (Å²) < 4.78 is 0.768. The Morgan fingerprint density at radius 3 is 2.86 bits per heavy atom. The molecule has 0 bridgehead atoms. The van der Waals surface area contributed by atoms with Crippen LogP contribution in [0.1, 0.15) is 19.2 Å². The van der Waals surface area contributed by atoms with Crippen molar-refractivity contribution in [1.29, 1.82) is 0 Å². The Morgan fingerprint density at radius 2 is 2.29 bits per heavy atom. The fraction of sp³-hybridized carbons (Fsp3) is 0.556. The molecule has 1 rings (SSSR count). The molecule has 0 amide bonds. The number of nitrogens with one attached hydrogen (secondary N) is 1. The number of aromatic nitrogens is 2. The van der Waals surface area contributed by atoms with Gasteiger partial charge >= 0.3 is 0 Å². The third-order valence-electron chi connectivity index (χ3n) is 1.67. The number of aliphatic hydroxyl groups excluding tert-OH is 1. The zero-order chi connectivity index (χ0) is 10.6. The van der Waals surface area contributed by atoms with Gasteiger partial charge in [-0.3, -0.25) is 0 Å². The molecule has 0 saturated heterocycles. The van der Waals surface area contributed by atoms with E-state index < -0.39 is 0 Å². The number of halogens is 1. The average Bonchev–Trinajstić information content (AvgIpc) is 2.01. The van der Waals surface area contributed by atoms with Crippen molar-refractivity contribution in [2.24, 2.45) is 0 Å². The highest BCUT2D eigenvalue weighted by Crippen LogP contribution is 2.11. The summed E-state index contributed by atoms with van der Waals surface area (Å²) in [5.74, 6) is 1.50. The molecule has 5 heteroatoms. The van der Waals surface area contributed by atoms with Gasteiger partial charge in [-0.1, -0.05) is 0 Å². The van der Waals surface area contributed by atoms with E-state index >= 15 is 0 Å². The Morgan fingerprint density at radius 1 is 1.57 bits per heavy atom. The summed E-state index contributed by atoms with van der Waals surface area (Å²) in [6, 6.07) is 1.81. The Balaban J connectivity index is 2.50. The van der Waals surface area contributed by atoms with Crippen LogP contribution in [0.5, 0.6) is 0 Å². The van der Waals surface area contributed by atoms with Crippen molar-refractivity contribution in [3.63, 3.8) is 0 Å². The van der Waals surface area contributed by atoms with Gasteiger partial charge in [0.25, 0.3) is 0 Å². The lowest BCUT2D eigenvalue weighted by Gasteiger charge is -2.07. The second-order valence-electron chi connectivity index (χ2n) is 3.19. The summed E-state index contributed by atoms with van der Waals surface area (Å²) in [4.78, 5) is 8.29. The Kier molecular flexibility index (Phi) is 4.28. The molecule has 0 radical (unpaired) electrons. The van der Waals surface area contributed by atoms with Crippen LogP contribution in [-0.4, -0.2) is 27.7 Å². The van der Waals surface area contributed by atoms with Crippen molar-refractivity contribution in [2.45, 2.75) is 26.4 Å². The minimum Gasteiger partial charge on any atom is -0.393 e. The molecule has 1 aromatic heterocycles. The summed E-state index contributed by atoms with van der Waals surface area (Å²) >= 11 is 3.29. The van der Waals surface area contributed by atoms with Crippen molar-refractivity contribution >= 4 is 21.7 Å². The standard InChI is InChI=1S/C9H14BrN3O/c1-6(14)3-4-11-9-5-8(10)12-7(2)13-9/h5-6,14H,3-4H2,1-2H3,(H,11,12,13). The summed E-state index contributed by atoms with van der Waals surface area (Å²) in [7, 11) is 0. The monoisotopic (exact) mass is 259 g/mol. The number of nitrogens with zero attached hydrogens (tertiary/aromatic N) is 2. The van der Waals surface area contributed by atoms with Crippen molar-refractivity contribution in [2.75, 3.05) is 11.9 Å². The van der Waals surface area contributed by atoms with Gasteiger partial charge in [-0.25, -0.2) is 9.97 Å². The summed E-state index contributed by atoms with van der Waals surface area (Å²) in [6.45, 7) is 4.31. The van der Waals surface area contributed by atoms with Crippen molar-refractivity contribution in [3.8, 4) is 0 Å². The normalized spacial score (nSPS) is 12.6. The Bertz CT molecular complexity index is 284. The van der Waals surface area contributed by atoms with Crippen LogP contribution >= 0.6 is 15.9 Å². The first-order chi connectivity index (χ1) is 6.58. The van der Waals surface area contributed by atoms with E-state index in [0.29, 0.717) is 13.0 Å². The molecule has 78 valence electrons. The van der Waals surface area contributed by atoms with E-state index in [4.69, 9.17) is 5.11 Å². The van der Waals surface area contributed by atoms with Gasteiger partial charge in [0.2, 0.25) is 0 Å². The highest BCUT2D eigenvalue weighted by atomic mass is 79.9. The number of aliphatic hydroxyl groups is 1. The van der Waals surface area contributed by atoms with Crippen LogP contribution in [0.15, 0.2) is 10.7 Å². The van der Waals surface area contributed by atoms with E-state index in [1.165, 1.54) is 0 Å². The SMILES string of the molecule is Cc1nc(Br)cc(NCCC(C)O)n1. The van der Waals surface area contributed by atoms with Crippen molar-refractivity contribution < 1.29 is 5.11 Å². The van der Waals surface area contributed by atoms with Crippen molar-refractivity contribution in [3.05, 3.63) is 16.5 Å². The quantitative estimate of drug-likeness (QED) is 0.809. The van der Waals surface area contributed by atoms with E-state index in [9.17, 15) is 0 Å². The molecule has 2 N–H and O–H groups in total. The second kappa shape index (κ2) is 5.26. The molecule has 0 aliphatic carbocycles. The van der Waals surface area contributed by atoms with Gasteiger partial charge in [0.15, 0.2) is 0 Å². The van der Waals surface area contributed by atoms with Crippen LogP contribution in [0.4, 0.5) is 5.82 Å². The highest BCUT2D eigenvalue weighted by molar-refractivity contribution is 9.10. The predicted octanol–water partition coefficient (Wildman–Crippen LogP) is 1.73.